The molecule has 5 nitrogen and oxygen atoms in total. The Bertz CT molecular complexity index is 673. The molecular weight excluding hydrogens is 256 g/mol. The number of carbonyl (C=O) groups excluding carboxylic acids is 2. The predicted molar refractivity (Wildman–Crippen MR) is 68.4 cm³/mol. The minimum Gasteiger partial charge on any atom is -0.365 e. The highest BCUT2D eigenvalue weighted by Crippen LogP contribution is 2.46. The smallest absolute Gasteiger partial charge is 0.240 e. The van der Waals surface area contributed by atoms with Crippen LogP contribution in [0.3, 0.4) is 0 Å². The molecule has 2 amide bonds. The number of nitrogens with zero attached hydrogens (tertiary/aromatic N) is 2. The fourth-order valence-electron chi connectivity index (χ4n) is 3.30. The molecule has 1 aromatic rings. The molecular formula is C15H10N2O3. The average molecular weight is 266 g/mol. The van der Waals surface area contributed by atoms with Crippen LogP contribution in [0.4, 0.5) is 5.69 Å². The summed E-state index contributed by atoms with van der Waals surface area (Å²) in [6.45, 7) is 0. The molecule has 20 heavy (non-hydrogen) atoms. The topological polar surface area (TPSA) is 70.4 Å². The van der Waals surface area contributed by atoms with Crippen molar-refractivity contribution in [1.29, 1.82) is 5.26 Å². The number of hydrogen-bond donors (Lipinski definition) is 0. The van der Waals surface area contributed by atoms with E-state index in [0.29, 0.717) is 11.3 Å². The van der Waals surface area contributed by atoms with E-state index >= 15 is 0 Å². The fourth-order valence-corrected chi connectivity index (χ4v) is 3.30. The number of ether oxygens (including phenoxy) is 1. The second kappa shape index (κ2) is 3.78. The first kappa shape index (κ1) is 11.4. The summed E-state index contributed by atoms with van der Waals surface area (Å²) in [5, 5.41) is 9.13. The summed E-state index contributed by atoms with van der Waals surface area (Å²) in [4.78, 5) is 26.2. The van der Waals surface area contributed by atoms with Crippen LogP contribution >= 0.6 is 0 Å². The maximum Gasteiger partial charge on any atom is 0.240 e. The summed E-state index contributed by atoms with van der Waals surface area (Å²) in [6.07, 6.45) is 3.08. The van der Waals surface area contributed by atoms with Gasteiger partial charge in [0.2, 0.25) is 11.8 Å². The predicted octanol–water partition coefficient (Wildman–Crippen LogP) is 1.00. The first-order valence-electron chi connectivity index (χ1n) is 6.43. The molecule has 2 bridgehead atoms. The molecule has 4 atom stereocenters. The van der Waals surface area contributed by atoms with E-state index in [1.807, 2.05) is 18.2 Å². The summed E-state index contributed by atoms with van der Waals surface area (Å²) in [6, 6.07) is 8.69. The van der Waals surface area contributed by atoms with Crippen LogP contribution in [0.25, 0.3) is 0 Å². The molecule has 0 radical (unpaired) electrons. The molecule has 0 unspecified atom stereocenters. The molecule has 3 aliphatic heterocycles. The van der Waals surface area contributed by atoms with Crippen molar-refractivity contribution in [2.24, 2.45) is 11.8 Å². The third-order valence-electron chi connectivity index (χ3n) is 4.18. The zero-order valence-corrected chi connectivity index (χ0v) is 10.4. The van der Waals surface area contributed by atoms with E-state index in [4.69, 9.17) is 10.00 Å². The van der Waals surface area contributed by atoms with E-state index in [1.54, 1.807) is 24.3 Å². The van der Waals surface area contributed by atoms with Gasteiger partial charge in [0.1, 0.15) is 6.07 Å². The zero-order chi connectivity index (χ0) is 13.9. The van der Waals surface area contributed by atoms with E-state index in [0.717, 1.165) is 4.90 Å². The van der Waals surface area contributed by atoms with Crippen LogP contribution in [0.15, 0.2) is 36.4 Å². The largest absolute Gasteiger partial charge is 0.365 e. The molecule has 3 aliphatic rings. The lowest BCUT2D eigenvalue weighted by atomic mass is 9.85. The standard InChI is InChI=1S/C15H10N2O3/c16-7-8-3-1-2-4-9(8)17-14(18)12-10-5-6-11(20-10)13(12)15(17)19/h1-6,10-13H/t10-,11-,12+,13+/m1/s1. The Morgan fingerprint density at radius 1 is 1.05 bits per heavy atom. The minimum absolute atomic E-state index is 0.264. The molecule has 0 aromatic heterocycles. The Kier molecular flexibility index (Phi) is 2.15. The summed E-state index contributed by atoms with van der Waals surface area (Å²) in [5.74, 6) is -1.41. The number of benzene rings is 1. The van der Waals surface area contributed by atoms with E-state index in [9.17, 15) is 9.59 Å². The number of imide groups is 1. The molecule has 0 saturated carbocycles. The van der Waals surface area contributed by atoms with E-state index < -0.39 is 11.8 Å². The third kappa shape index (κ3) is 1.24. The van der Waals surface area contributed by atoms with Crippen LogP contribution in [0.2, 0.25) is 0 Å². The molecule has 0 spiro atoms. The van der Waals surface area contributed by atoms with E-state index in [-0.39, 0.29) is 24.0 Å². The van der Waals surface area contributed by atoms with Crippen molar-refractivity contribution in [3.05, 3.63) is 42.0 Å². The number of nitriles is 1. The molecule has 98 valence electrons. The monoisotopic (exact) mass is 266 g/mol. The lowest BCUT2D eigenvalue weighted by Gasteiger charge is -2.18. The summed E-state index contributed by atoms with van der Waals surface area (Å²) < 4.78 is 5.58. The Balaban J connectivity index is 1.81. The molecule has 4 rings (SSSR count). The van der Waals surface area contributed by atoms with Gasteiger partial charge in [-0.25, -0.2) is 4.90 Å². The van der Waals surface area contributed by atoms with Crippen molar-refractivity contribution in [1.82, 2.24) is 0 Å². The number of carbonyl (C=O) groups is 2. The first-order chi connectivity index (χ1) is 9.72. The van der Waals surface area contributed by atoms with Crippen LogP contribution in [0.1, 0.15) is 5.56 Å². The molecule has 3 heterocycles. The van der Waals surface area contributed by atoms with E-state index in [1.165, 1.54) is 0 Å². The van der Waals surface area contributed by atoms with Gasteiger partial charge in [0.05, 0.1) is 35.3 Å². The summed E-state index contributed by atoms with van der Waals surface area (Å²) in [7, 11) is 0. The highest BCUT2D eigenvalue weighted by atomic mass is 16.5. The van der Waals surface area contributed by atoms with Crippen LogP contribution in [0, 0.1) is 23.2 Å². The average Bonchev–Trinajstić information content (AvgIpc) is 3.13. The summed E-state index contributed by atoms with van der Waals surface area (Å²) >= 11 is 0. The lowest BCUT2D eigenvalue weighted by Crippen LogP contribution is -2.34. The zero-order valence-electron chi connectivity index (χ0n) is 10.4. The highest BCUT2D eigenvalue weighted by molar-refractivity contribution is 6.23. The van der Waals surface area contributed by atoms with Gasteiger partial charge in [-0.1, -0.05) is 24.3 Å². The number of anilines is 1. The minimum atomic E-state index is -0.441. The van der Waals surface area contributed by atoms with Crippen LogP contribution < -0.4 is 4.90 Å². The van der Waals surface area contributed by atoms with E-state index in [2.05, 4.69) is 0 Å². The molecule has 2 fully saturated rings. The van der Waals surface area contributed by atoms with Gasteiger partial charge in [0.15, 0.2) is 0 Å². The van der Waals surface area contributed by atoms with Crippen molar-refractivity contribution in [2.45, 2.75) is 12.2 Å². The normalized spacial score (nSPS) is 33.6. The number of hydrogen-bond acceptors (Lipinski definition) is 4. The molecule has 1 aromatic carbocycles. The SMILES string of the molecule is N#Cc1ccccc1N1C(=O)[C@@H]2[C@@H](C1=O)[C@H]1C=C[C@H]2O1. The Morgan fingerprint density at radius 2 is 1.65 bits per heavy atom. The highest BCUT2D eigenvalue weighted by Gasteiger charge is 2.61. The second-order valence-electron chi connectivity index (χ2n) is 5.14. The van der Waals surface area contributed by atoms with Crippen LogP contribution in [0.5, 0.6) is 0 Å². The van der Waals surface area contributed by atoms with Crippen molar-refractivity contribution in [3.8, 4) is 6.07 Å². The molecule has 0 aliphatic carbocycles. The first-order valence-corrected chi connectivity index (χ1v) is 6.43. The van der Waals surface area contributed by atoms with Crippen LogP contribution in [-0.2, 0) is 14.3 Å². The van der Waals surface area contributed by atoms with Gasteiger partial charge in [-0.15, -0.1) is 0 Å². The number of rotatable bonds is 1. The number of fused-ring (bicyclic) bond motifs is 5. The lowest BCUT2D eigenvalue weighted by molar-refractivity contribution is -0.124. The van der Waals surface area contributed by atoms with Crippen molar-refractivity contribution < 1.29 is 14.3 Å². The van der Waals surface area contributed by atoms with Gasteiger partial charge < -0.3 is 4.74 Å². The van der Waals surface area contributed by atoms with Gasteiger partial charge >= 0.3 is 0 Å². The quantitative estimate of drug-likeness (QED) is 0.561. The number of amides is 2. The molecule has 0 N–H and O–H groups in total. The molecule has 2 saturated heterocycles. The van der Waals surface area contributed by atoms with Gasteiger partial charge in [-0.3, -0.25) is 9.59 Å². The molecule has 5 heteroatoms. The van der Waals surface area contributed by atoms with Crippen molar-refractivity contribution in [3.63, 3.8) is 0 Å². The number of para-hydroxylation sites is 1. The van der Waals surface area contributed by atoms with Crippen molar-refractivity contribution in [2.75, 3.05) is 4.90 Å². The third-order valence-corrected chi connectivity index (χ3v) is 4.18. The maximum absolute atomic E-state index is 12.5. The second-order valence-corrected chi connectivity index (χ2v) is 5.14. The Labute approximate surface area is 115 Å². The van der Waals surface area contributed by atoms with Crippen molar-refractivity contribution >= 4 is 17.5 Å². The Morgan fingerprint density at radius 3 is 2.25 bits per heavy atom. The van der Waals surface area contributed by atoms with Gasteiger partial charge in [-0.05, 0) is 12.1 Å². The fraction of sp³-hybridized carbons (Fsp3) is 0.267. The van der Waals surface area contributed by atoms with Gasteiger partial charge in [0, 0.05) is 0 Å². The van der Waals surface area contributed by atoms with Gasteiger partial charge in [-0.2, -0.15) is 5.26 Å². The summed E-state index contributed by atoms with van der Waals surface area (Å²) in [5.41, 5.74) is 0.703. The van der Waals surface area contributed by atoms with Gasteiger partial charge in [0.25, 0.3) is 0 Å². The van der Waals surface area contributed by atoms with Crippen LogP contribution in [-0.4, -0.2) is 24.0 Å². The Hall–Kier alpha value is -2.45. The maximum atomic E-state index is 12.5.